The highest BCUT2D eigenvalue weighted by atomic mass is 16.2. The molecule has 4 N–H and O–H groups in total. The number of nitrogens with two attached hydrogens (primary N) is 1. The van der Waals surface area contributed by atoms with Crippen molar-refractivity contribution >= 4 is 17.5 Å². The van der Waals surface area contributed by atoms with Crippen molar-refractivity contribution in [2.24, 2.45) is 5.73 Å². The van der Waals surface area contributed by atoms with Gasteiger partial charge in [-0.1, -0.05) is 36.4 Å². The number of carbonyl (C=O) groups is 2. The fourth-order valence-electron chi connectivity index (χ4n) is 2.32. The lowest BCUT2D eigenvalue weighted by atomic mass is 10.1. The van der Waals surface area contributed by atoms with Gasteiger partial charge in [0.25, 0.3) is 5.91 Å². The number of carbonyl (C=O) groups excluding carboxylic acids is 2. The largest absolute Gasteiger partial charge is 0.350 e. The number of aryl methyl sites for hydroxylation is 1. The summed E-state index contributed by atoms with van der Waals surface area (Å²) in [5.41, 5.74) is 8.65. The minimum Gasteiger partial charge on any atom is -0.350 e. The smallest absolute Gasteiger partial charge is 0.251 e. The van der Waals surface area contributed by atoms with Gasteiger partial charge in [0.05, 0.1) is 0 Å². The molecule has 0 aromatic heterocycles. The lowest BCUT2D eigenvalue weighted by Gasteiger charge is -2.15. The van der Waals surface area contributed by atoms with E-state index in [0.717, 1.165) is 11.1 Å². The van der Waals surface area contributed by atoms with E-state index in [2.05, 4.69) is 10.6 Å². The summed E-state index contributed by atoms with van der Waals surface area (Å²) >= 11 is 0. The average Bonchev–Trinajstić information content (AvgIpc) is 2.56. The Bertz CT molecular complexity index is 727. The molecule has 0 aliphatic rings. The van der Waals surface area contributed by atoms with Crippen molar-refractivity contribution < 1.29 is 9.59 Å². The Labute approximate surface area is 142 Å². The lowest BCUT2D eigenvalue weighted by Crippen LogP contribution is -2.31. The lowest BCUT2D eigenvalue weighted by molar-refractivity contribution is -0.117. The third kappa shape index (κ3) is 4.43. The van der Waals surface area contributed by atoms with Gasteiger partial charge >= 0.3 is 0 Å². The highest BCUT2D eigenvalue weighted by molar-refractivity contribution is 5.99. The number of amides is 2. The van der Waals surface area contributed by atoms with Crippen molar-refractivity contribution in [1.29, 1.82) is 0 Å². The maximum absolute atomic E-state index is 12.3. The van der Waals surface area contributed by atoms with E-state index >= 15 is 0 Å². The second kappa shape index (κ2) is 7.75. The molecule has 2 aromatic carbocycles. The summed E-state index contributed by atoms with van der Waals surface area (Å²) in [6, 6.07) is 13.7. The van der Waals surface area contributed by atoms with Gasteiger partial charge in [0.15, 0.2) is 0 Å². The van der Waals surface area contributed by atoms with Crippen LogP contribution >= 0.6 is 0 Å². The minimum atomic E-state index is -0.763. The van der Waals surface area contributed by atoms with Crippen molar-refractivity contribution in [1.82, 2.24) is 5.32 Å². The Morgan fingerprint density at radius 3 is 2.33 bits per heavy atom. The monoisotopic (exact) mass is 325 g/mol. The molecule has 1 unspecified atom stereocenters. The second-order valence-electron chi connectivity index (χ2n) is 6.04. The van der Waals surface area contributed by atoms with Gasteiger partial charge in [-0.3, -0.25) is 9.59 Å². The van der Waals surface area contributed by atoms with E-state index in [0.29, 0.717) is 11.3 Å². The molecule has 0 saturated heterocycles. The molecule has 0 fully saturated rings. The van der Waals surface area contributed by atoms with Gasteiger partial charge in [0.1, 0.15) is 6.04 Å². The maximum atomic E-state index is 12.3. The fraction of sp³-hybridized carbons (Fsp3) is 0.263. The normalized spacial score (nSPS) is 11.9. The Hall–Kier alpha value is -2.66. The third-order valence-corrected chi connectivity index (χ3v) is 3.61. The van der Waals surface area contributed by atoms with Crippen LogP contribution in [0.3, 0.4) is 0 Å². The Morgan fingerprint density at radius 2 is 1.71 bits per heavy atom. The van der Waals surface area contributed by atoms with Crippen LogP contribution in [0.15, 0.2) is 48.5 Å². The van der Waals surface area contributed by atoms with Crippen LogP contribution in [-0.4, -0.2) is 17.9 Å². The zero-order valence-corrected chi connectivity index (χ0v) is 14.2. The van der Waals surface area contributed by atoms with Crippen LogP contribution in [0.4, 0.5) is 5.69 Å². The van der Waals surface area contributed by atoms with Crippen molar-refractivity contribution in [2.75, 3.05) is 5.32 Å². The first kappa shape index (κ1) is 17.7. The Morgan fingerprint density at radius 1 is 1.04 bits per heavy atom. The predicted molar refractivity (Wildman–Crippen MR) is 95.8 cm³/mol. The molecule has 2 amide bonds. The number of rotatable bonds is 5. The summed E-state index contributed by atoms with van der Waals surface area (Å²) in [7, 11) is 0. The van der Waals surface area contributed by atoms with Gasteiger partial charge in [-0.15, -0.1) is 0 Å². The maximum Gasteiger partial charge on any atom is 0.251 e. The van der Waals surface area contributed by atoms with Crippen LogP contribution in [0, 0.1) is 6.92 Å². The summed E-state index contributed by atoms with van der Waals surface area (Å²) in [5, 5.41) is 5.62. The molecule has 2 aromatic rings. The minimum absolute atomic E-state index is 0.0432. The molecule has 1 atom stereocenters. The third-order valence-electron chi connectivity index (χ3n) is 3.61. The van der Waals surface area contributed by atoms with Crippen LogP contribution in [0.2, 0.25) is 0 Å². The summed E-state index contributed by atoms with van der Waals surface area (Å²) < 4.78 is 0. The van der Waals surface area contributed by atoms with Crippen LogP contribution < -0.4 is 16.4 Å². The molecule has 24 heavy (non-hydrogen) atoms. The fourth-order valence-corrected chi connectivity index (χ4v) is 2.32. The van der Waals surface area contributed by atoms with E-state index in [4.69, 9.17) is 5.73 Å². The zero-order valence-electron chi connectivity index (χ0n) is 14.2. The topological polar surface area (TPSA) is 84.2 Å². The number of nitrogens with one attached hydrogen (secondary N) is 2. The zero-order chi connectivity index (χ0) is 17.7. The molecule has 0 aliphatic heterocycles. The van der Waals surface area contributed by atoms with E-state index in [-0.39, 0.29) is 17.9 Å². The van der Waals surface area contributed by atoms with E-state index in [9.17, 15) is 9.59 Å². The molecule has 0 spiro atoms. The van der Waals surface area contributed by atoms with Crippen molar-refractivity contribution in [2.45, 2.75) is 32.9 Å². The highest BCUT2D eigenvalue weighted by Gasteiger charge is 2.17. The van der Waals surface area contributed by atoms with Gasteiger partial charge in [-0.2, -0.15) is 0 Å². The highest BCUT2D eigenvalue weighted by Crippen LogP contribution is 2.18. The molecule has 2 rings (SSSR count). The molecular weight excluding hydrogens is 302 g/mol. The molecule has 0 saturated carbocycles. The van der Waals surface area contributed by atoms with E-state index < -0.39 is 6.04 Å². The summed E-state index contributed by atoms with van der Waals surface area (Å²) in [6.45, 7) is 5.66. The number of hydrogen-bond donors (Lipinski definition) is 3. The van der Waals surface area contributed by atoms with Crippen molar-refractivity contribution in [3.05, 3.63) is 65.2 Å². The van der Waals surface area contributed by atoms with E-state index in [1.165, 1.54) is 0 Å². The van der Waals surface area contributed by atoms with Gasteiger partial charge in [-0.05, 0) is 44.0 Å². The SMILES string of the molecule is Cc1ccc(NC(=O)C(N)c2ccccc2)cc1C(=O)NC(C)C. The molecule has 0 radical (unpaired) electrons. The predicted octanol–water partition coefficient (Wildman–Crippen LogP) is 2.77. The molecule has 0 aliphatic carbocycles. The standard InChI is InChI=1S/C19H23N3O2/c1-12(2)21-18(23)16-11-15(10-9-13(16)3)22-19(24)17(20)14-7-5-4-6-8-14/h4-12,17H,20H2,1-3H3,(H,21,23)(H,22,24). The first-order valence-corrected chi connectivity index (χ1v) is 7.91. The summed E-state index contributed by atoms with van der Waals surface area (Å²) in [5.74, 6) is -0.480. The second-order valence-corrected chi connectivity index (χ2v) is 6.04. The Kier molecular flexibility index (Phi) is 5.71. The first-order valence-electron chi connectivity index (χ1n) is 7.91. The van der Waals surface area contributed by atoms with Gasteiger partial charge in [0, 0.05) is 17.3 Å². The Balaban J connectivity index is 2.15. The van der Waals surface area contributed by atoms with Crippen molar-refractivity contribution in [3.63, 3.8) is 0 Å². The molecule has 0 heterocycles. The first-order chi connectivity index (χ1) is 11.4. The average molecular weight is 325 g/mol. The number of anilines is 1. The quantitative estimate of drug-likeness (QED) is 0.790. The van der Waals surface area contributed by atoms with Gasteiger partial charge in [-0.25, -0.2) is 0 Å². The molecule has 0 bridgehead atoms. The molecule has 126 valence electrons. The molecular formula is C19H23N3O2. The summed E-state index contributed by atoms with van der Waals surface area (Å²) in [6.07, 6.45) is 0. The van der Waals surface area contributed by atoms with Gasteiger partial charge < -0.3 is 16.4 Å². The van der Waals surface area contributed by atoms with Crippen LogP contribution in [0.1, 0.15) is 41.4 Å². The van der Waals surface area contributed by atoms with Crippen LogP contribution in [0.25, 0.3) is 0 Å². The summed E-state index contributed by atoms with van der Waals surface area (Å²) in [4.78, 5) is 24.5. The van der Waals surface area contributed by atoms with E-state index in [1.807, 2.05) is 39.0 Å². The van der Waals surface area contributed by atoms with Crippen LogP contribution in [-0.2, 0) is 4.79 Å². The van der Waals surface area contributed by atoms with Gasteiger partial charge in [0.2, 0.25) is 5.91 Å². The molecule has 5 heteroatoms. The molecule has 5 nitrogen and oxygen atoms in total. The van der Waals surface area contributed by atoms with Crippen molar-refractivity contribution in [3.8, 4) is 0 Å². The van der Waals surface area contributed by atoms with Crippen LogP contribution in [0.5, 0.6) is 0 Å². The number of hydrogen-bond acceptors (Lipinski definition) is 3. The number of benzene rings is 2. The van der Waals surface area contributed by atoms with E-state index in [1.54, 1.807) is 30.3 Å².